The lowest BCUT2D eigenvalue weighted by molar-refractivity contribution is -0.118. The van der Waals surface area contributed by atoms with Crippen LogP contribution in [-0.2, 0) is 14.8 Å². The van der Waals surface area contributed by atoms with Crippen LogP contribution in [0.2, 0.25) is 0 Å². The minimum atomic E-state index is -3.60. The van der Waals surface area contributed by atoms with Gasteiger partial charge in [0.15, 0.2) is 6.61 Å². The predicted octanol–water partition coefficient (Wildman–Crippen LogP) is 2.04. The predicted molar refractivity (Wildman–Crippen MR) is 89.4 cm³/mol. The molecule has 4 rings (SSSR count). The van der Waals surface area contributed by atoms with Gasteiger partial charge in [0, 0.05) is 6.54 Å². The second-order valence-corrected chi connectivity index (χ2v) is 8.97. The van der Waals surface area contributed by atoms with Crippen LogP contribution in [0.15, 0.2) is 17.0 Å². The first-order valence-electron chi connectivity index (χ1n) is 8.49. The zero-order chi connectivity index (χ0) is 16.9. The van der Waals surface area contributed by atoms with Gasteiger partial charge in [0.25, 0.3) is 5.91 Å². The lowest BCUT2D eigenvalue weighted by Gasteiger charge is -2.23. The van der Waals surface area contributed by atoms with Gasteiger partial charge in [0.2, 0.25) is 10.0 Å². The number of aryl methyl sites for hydroxylation is 1. The number of anilines is 1. The van der Waals surface area contributed by atoms with Crippen LogP contribution in [0.4, 0.5) is 5.69 Å². The number of amides is 1. The molecular formula is C17H22N2O4S. The Labute approximate surface area is 142 Å². The second-order valence-electron chi connectivity index (χ2n) is 7.24. The zero-order valence-electron chi connectivity index (χ0n) is 13.7. The minimum absolute atomic E-state index is 0.0407. The average molecular weight is 350 g/mol. The zero-order valence-corrected chi connectivity index (χ0v) is 14.5. The summed E-state index contributed by atoms with van der Waals surface area (Å²) in [6.07, 6.45) is 4.93. The summed E-state index contributed by atoms with van der Waals surface area (Å²) >= 11 is 0. The Kier molecular flexibility index (Phi) is 3.80. The van der Waals surface area contributed by atoms with E-state index in [0.29, 0.717) is 35.4 Å². The van der Waals surface area contributed by atoms with Crippen molar-refractivity contribution in [1.29, 1.82) is 0 Å². The van der Waals surface area contributed by atoms with Crippen molar-refractivity contribution >= 4 is 21.6 Å². The number of nitrogens with one attached hydrogen (secondary N) is 2. The van der Waals surface area contributed by atoms with Crippen molar-refractivity contribution in [2.24, 2.45) is 17.8 Å². The van der Waals surface area contributed by atoms with Crippen molar-refractivity contribution in [1.82, 2.24) is 4.72 Å². The highest BCUT2D eigenvalue weighted by Gasteiger charge is 2.39. The molecule has 1 aliphatic heterocycles. The molecule has 0 spiro atoms. The van der Waals surface area contributed by atoms with Crippen LogP contribution in [0.3, 0.4) is 0 Å². The van der Waals surface area contributed by atoms with Crippen LogP contribution in [0, 0.1) is 24.7 Å². The summed E-state index contributed by atoms with van der Waals surface area (Å²) in [5, 5.41) is 2.66. The highest BCUT2D eigenvalue weighted by molar-refractivity contribution is 7.89. The fourth-order valence-corrected chi connectivity index (χ4v) is 5.76. The number of hydrogen-bond acceptors (Lipinski definition) is 4. The van der Waals surface area contributed by atoms with Crippen LogP contribution in [0.1, 0.15) is 31.2 Å². The van der Waals surface area contributed by atoms with Crippen LogP contribution >= 0.6 is 0 Å². The standard InChI is InChI=1S/C17H22N2O4S/c1-10-4-15-14(19-17(20)9-23-15)7-16(10)24(21,22)18-8-13-6-11-2-3-12(13)5-11/h4,7,11-13,18H,2-3,5-6,8-9H2,1H3,(H,19,20)/t11-,12-,13-/m1/s1. The Morgan fingerprint density at radius 3 is 2.83 bits per heavy atom. The number of rotatable bonds is 4. The molecule has 2 fully saturated rings. The molecule has 2 saturated carbocycles. The van der Waals surface area contributed by atoms with Gasteiger partial charge in [-0.2, -0.15) is 0 Å². The summed E-state index contributed by atoms with van der Waals surface area (Å²) in [4.78, 5) is 11.6. The van der Waals surface area contributed by atoms with Gasteiger partial charge in [-0.25, -0.2) is 13.1 Å². The number of ether oxygens (including phenoxy) is 1. The minimum Gasteiger partial charge on any atom is -0.482 e. The molecule has 2 bridgehead atoms. The highest BCUT2D eigenvalue weighted by atomic mass is 32.2. The smallest absolute Gasteiger partial charge is 0.262 e. The van der Waals surface area contributed by atoms with Crippen LogP contribution in [0.25, 0.3) is 0 Å². The van der Waals surface area contributed by atoms with Gasteiger partial charge in [-0.15, -0.1) is 0 Å². The first-order chi connectivity index (χ1) is 11.4. The van der Waals surface area contributed by atoms with Gasteiger partial charge in [-0.1, -0.05) is 6.42 Å². The first-order valence-corrected chi connectivity index (χ1v) is 9.97. The summed E-state index contributed by atoms with van der Waals surface area (Å²) in [6.45, 7) is 2.20. The van der Waals surface area contributed by atoms with E-state index in [2.05, 4.69) is 10.0 Å². The van der Waals surface area contributed by atoms with E-state index in [4.69, 9.17) is 4.74 Å². The van der Waals surface area contributed by atoms with Crippen LogP contribution in [0.5, 0.6) is 5.75 Å². The van der Waals surface area contributed by atoms with E-state index >= 15 is 0 Å². The normalized spacial score (nSPS) is 28.4. The van der Waals surface area contributed by atoms with Gasteiger partial charge in [0.1, 0.15) is 5.75 Å². The van der Waals surface area contributed by atoms with E-state index in [9.17, 15) is 13.2 Å². The molecule has 24 heavy (non-hydrogen) atoms. The Bertz CT molecular complexity index is 790. The third kappa shape index (κ3) is 2.80. The van der Waals surface area contributed by atoms with Crippen molar-refractivity contribution < 1.29 is 17.9 Å². The molecule has 0 saturated heterocycles. The van der Waals surface area contributed by atoms with E-state index in [1.807, 2.05) is 0 Å². The number of hydrogen-bond donors (Lipinski definition) is 2. The van der Waals surface area contributed by atoms with Gasteiger partial charge >= 0.3 is 0 Å². The van der Waals surface area contributed by atoms with E-state index < -0.39 is 10.0 Å². The fourth-order valence-electron chi connectivity index (χ4n) is 4.42. The summed E-state index contributed by atoms with van der Waals surface area (Å²) in [5.74, 6) is 2.17. The maximum absolute atomic E-state index is 12.7. The maximum Gasteiger partial charge on any atom is 0.262 e. The Hall–Kier alpha value is -1.60. The van der Waals surface area contributed by atoms with Crippen molar-refractivity contribution in [3.8, 4) is 5.75 Å². The van der Waals surface area contributed by atoms with Crippen LogP contribution in [-0.4, -0.2) is 27.5 Å². The topological polar surface area (TPSA) is 84.5 Å². The summed E-state index contributed by atoms with van der Waals surface area (Å²) in [6, 6.07) is 3.16. The Morgan fingerprint density at radius 1 is 1.29 bits per heavy atom. The molecule has 1 aromatic carbocycles. The van der Waals surface area contributed by atoms with Crippen LogP contribution < -0.4 is 14.8 Å². The van der Waals surface area contributed by atoms with Gasteiger partial charge < -0.3 is 10.1 Å². The van der Waals surface area contributed by atoms with Gasteiger partial charge in [-0.05, 0) is 61.6 Å². The third-order valence-corrected chi connectivity index (χ3v) is 7.19. The van der Waals surface area contributed by atoms with Gasteiger partial charge in [0.05, 0.1) is 10.6 Å². The third-order valence-electron chi connectivity index (χ3n) is 5.62. The number of sulfonamides is 1. The number of carbonyl (C=O) groups excluding carboxylic acids is 1. The van der Waals surface area contributed by atoms with Crippen molar-refractivity contribution in [2.45, 2.75) is 37.5 Å². The van der Waals surface area contributed by atoms with Crippen molar-refractivity contribution in [3.63, 3.8) is 0 Å². The molecule has 1 heterocycles. The largest absolute Gasteiger partial charge is 0.482 e. The summed E-state index contributed by atoms with van der Waals surface area (Å²) in [7, 11) is -3.60. The second kappa shape index (κ2) is 5.74. The molecule has 1 amide bonds. The monoisotopic (exact) mass is 350 g/mol. The molecule has 7 heteroatoms. The molecule has 3 aliphatic rings. The molecule has 0 aromatic heterocycles. The number of benzene rings is 1. The lowest BCUT2D eigenvalue weighted by atomic mass is 9.89. The number of fused-ring (bicyclic) bond motifs is 3. The maximum atomic E-state index is 12.7. The Morgan fingerprint density at radius 2 is 2.12 bits per heavy atom. The molecule has 6 nitrogen and oxygen atoms in total. The van der Waals surface area contributed by atoms with Crippen molar-refractivity contribution in [3.05, 3.63) is 17.7 Å². The van der Waals surface area contributed by atoms with Gasteiger partial charge in [-0.3, -0.25) is 4.79 Å². The molecule has 2 N–H and O–H groups in total. The summed E-state index contributed by atoms with van der Waals surface area (Å²) < 4.78 is 33.5. The fraction of sp³-hybridized carbons (Fsp3) is 0.588. The number of carbonyl (C=O) groups is 1. The first kappa shape index (κ1) is 15.9. The highest BCUT2D eigenvalue weighted by Crippen LogP contribution is 2.48. The molecule has 1 aromatic rings. The van der Waals surface area contributed by atoms with Crippen molar-refractivity contribution in [2.75, 3.05) is 18.5 Å². The van der Waals surface area contributed by atoms with E-state index in [0.717, 1.165) is 12.3 Å². The molecule has 2 aliphatic carbocycles. The average Bonchev–Trinajstić information content (AvgIpc) is 3.15. The van der Waals surface area contributed by atoms with E-state index in [1.54, 1.807) is 13.0 Å². The SMILES string of the molecule is Cc1cc2c(cc1S(=O)(=O)NC[C@H]1C[C@@H]3CC[C@@H]1C3)NC(=O)CO2. The molecular weight excluding hydrogens is 328 g/mol. The van der Waals surface area contributed by atoms with E-state index in [-0.39, 0.29) is 17.4 Å². The molecule has 130 valence electrons. The Balaban J connectivity index is 1.53. The molecule has 0 unspecified atom stereocenters. The lowest BCUT2D eigenvalue weighted by Crippen LogP contribution is -2.32. The summed E-state index contributed by atoms with van der Waals surface area (Å²) in [5.41, 5.74) is 1.03. The van der Waals surface area contributed by atoms with E-state index in [1.165, 1.54) is 25.3 Å². The molecule has 3 atom stereocenters. The quantitative estimate of drug-likeness (QED) is 0.870. The molecule has 0 radical (unpaired) electrons.